The molecule has 1 aliphatic rings. The molecule has 0 aliphatic carbocycles. The highest BCUT2D eigenvalue weighted by Gasteiger charge is 2.48. The molecule has 0 saturated carbocycles. The van der Waals surface area contributed by atoms with E-state index in [0.29, 0.717) is 6.54 Å². The number of hydrogen-bond acceptors (Lipinski definition) is 4. The standard InChI is InChI=1S/C6H10N4S4/c7-3(11)6(4(8)12)10(5(9)13)1-2-14-6/h1-2H2,(H2,7,11)(H2,8,12)(H2,9,13). The quantitative estimate of drug-likeness (QED) is 0.580. The van der Waals surface area contributed by atoms with Gasteiger partial charge in [0.2, 0.25) is 0 Å². The van der Waals surface area contributed by atoms with Crippen LogP contribution in [0.2, 0.25) is 0 Å². The number of rotatable bonds is 2. The minimum atomic E-state index is -0.865. The third-order valence-corrected chi connectivity index (χ3v) is 4.47. The maximum atomic E-state index is 5.65. The van der Waals surface area contributed by atoms with E-state index in [9.17, 15) is 0 Å². The maximum absolute atomic E-state index is 5.65. The molecule has 1 fully saturated rings. The van der Waals surface area contributed by atoms with Gasteiger partial charge in [-0.15, -0.1) is 11.8 Å². The van der Waals surface area contributed by atoms with Crippen molar-refractivity contribution in [3.8, 4) is 0 Å². The molecule has 14 heavy (non-hydrogen) atoms. The van der Waals surface area contributed by atoms with Crippen molar-refractivity contribution in [3.63, 3.8) is 0 Å². The summed E-state index contributed by atoms with van der Waals surface area (Å²) in [5.41, 5.74) is 16.9. The van der Waals surface area contributed by atoms with Crippen LogP contribution in [-0.2, 0) is 0 Å². The summed E-state index contributed by atoms with van der Waals surface area (Å²) in [4.78, 5) is 1.23. The Morgan fingerprint density at radius 2 is 1.64 bits per heavy atom. The zero-order valence-electron chi connectivity index (χ0n) is 7.23. The largest absolute Gasteiger partial charge is 0.390 e. The molecule has 78 valence electrons. The molecule has 0 spiro atoms. The van der Waals surface area contributed by atoms with Crippen LogP contribution in [0, 0.1) is 0 Å². The highest BCUT2D eigenvalue weighted by molar-refractivity contribution is 8.04. The van der Waals surface area contributed by atoms with Gasteiger partial charge in [-0.2, -0.15) is 0 Å². The molecule has 0 aromatic carbocycles. The summed E-state index contributed by atoms with van der Waals surface area (Å²) < 4.78 is 0. The Kier molecular flexibility index (Phi) is 3.51. The van der Waals surface area contributed by atoms with Crippen LogP contribution in [0.3, 0.4) is 0 Å². The predicted molar refractivity (Wildman–Crippen MR) is 72.3 cm³/mol. The molecule has 0 unspecified atom stereocenters. The van der Waals surface area contributed by atoms with Crippen molar-refractivity contribution in [2.75, 3.05) is 12.3 Å². The first-order valence-electron chi connectivity index (χ1n) is 3.73. The second-order valence-electron chi connectivity index (χ2n) is 2.71. The monoisotopic (exact) mass is 266 g/mol. The summed E-state index contributed by atoms with van der Waals surface area (Å²) in [5, 5.41) is 0.218. The van der Waals surface area contributed by atoms with Gasteiger partial charge in [-0.05, 0) is 12.2 Å². The second-order valence-corrected chi connectivity index (χ2v) is 5.30. The molecule has 1 heterocycles. The van der Waals surface area contributed by atoms with E-state index < -0.39 is 4.87 Å². The SMILES string of the molecule is NC(=S)N1CCSC1(C(N)=S)C(N)=S. The van der Waals surface area contributed by atoms with E-state index >= 15 is 0 Å². The minimum absolute atomic E-state index is 0.209. The summed E-state index contributed by atoms with van der Waals surface area (Å²) in [6.07, 6.45) is 0. The molecule has 1 rings (SSSR count). The van der Waals surface area contributed by atoms with Gasteiger partial charge < -0.3 is 22.1 Å². The predicted octanol–water partition coefficient (Wildman–Crippen LogP) is -0.453. The number of hydrogen-bond donors (Lipinski definition) is 3. The third kappa shape index (κ3) is 1.67. The van der Waals surface area contributed by atoms with Crippen LogP contribution in [-0.4, -0.2) is 37.2 Å². The summed E-state index contributed by atoms with van der Waals surface area (Å²) in [6.45, 7) is 0.661. The Morgan fingerprint density at radius 1 is 1.14 bits per heavy atom. The molecule has 0 atom stereocenters. The second kappa shape index (κ2) is 4.13. The van der Waals surface area contributed by atoms with Gasteiger partial charge in [-0.1, -0.05) is 24.4 Å². The van der Waals surface area contributed by atoms with Gasteiger partial charge in [0.05, 0.1) is 0 Å². The van der Waals surface area contributed by atoms with Gasteiger partial charge in [0, 0.05) is 12.3 Å². The molecule has 0 bridgehead atoms. The van der Waals surface area contributed by atoms with Crippen LogP contribution in [0.5, 0.6) is 0 Å². The van der Waals surface area contributed by atoms with Gasteiger partial charge in [0.1, 0.15) is 9.98 Å². The molecule has 0 aromatic heterocycles. The van der Waals surface area contributed by atoms with E-state index in [1.165, 1.54) is 11.8 Å². The Labute approximate surface area is 103 Å². The first-order chi connectivity index (χ1) is 6.43. The Balaban J connectivity index is 3.14. The Hall–Kier alpha value is -0.180. The summed E-state index contributed by atoms with van der Waals surface area (Å²) in [5.74, 6) is 0.798. The lowest BCUT2D eigenvalue weighted by Crippen LogP contribution is -2.61. The van der Waals surface area contributed by atoms with Crippen molar-refractivity contribution >= 4 is 63.5 Å². The van der Waals surface area contributed by atoms with Crippen LogP contribution in [0.1, 0.15) is 0 Å². The fraction of sp³-hybridized carbons (Fsp3) is 0.500. The normalized spacial score (nSPS) is 19.3. The first kappa shape index (κ1) is 11.9. The van der Waals surface area contributed by atoms with E-state index in [1.807, 2.05) is 0 Å². The molecular weight excluding hydrogens is 256 g/mol. The molecule has 1 saturated heterocycles. The van der Waals surface area contributed by atoms with Crippen LogP contribution >= 0.6 is 48.4 Å². The van der Waals surface area contributed by atoms with E-state index in [1.54, 1.807) is 4.90 Å². The first-order valence-corrected chi connectivity index (χ1v) is 5.94. The summed E-state index contributed by atoms with van der Waals surface area (Å²) in [6, 6.07) is 0. The molecule has 4 nitrogen and oxygen atoms in total. The summed E-state index contributed by atoms with van der Waals surface area (Å²) >= 11 is 16.3. The number of nitrogens with two attached hydrogens (primary N) is 3. The van der Waals surface area contributed by atoms with Gasteiger partial charge in [0.25, 0.3) is 0 Å². The molecular formula is C6H10N4S4. The lowest BCUT2D eigenvalue weighted by Gasteiger charge is -2.35. The molecule has 8 heteroatoms. The van der Waals surface area contributed by atoms with E-state index in [-0.39, 0.29) is 15.1 Å². The highest BCUT2D eigenvalue weighted by atomic mass is 32.2. The average molecular weight is 266 g/mol. The zero-order chi connectivity index (χ0) is 10.9. The van der Waals surface area contributed by atoms with E-state index in [0.717, 1.165) is 5.75 Å². The molecule has 0 radical (unpaired) electrons. The van der Waals surface area contributed by atoms with Crippen molar-refractivity contribution in [3.05, 3.63) is 0 Å². The Bertz CT molecular complexity index is 288. The van der Waals surface area contributed by atoms with Crippen molar-refractivity contribution in [1.29, 1.82) is 0 Å². The molecule has 0 aromatic rings. The van der Waals surface area contributed by atoms with Crippen molar-refractivity contribution in [2.24, 2.45) is 17.2 Å². The zero-order valence-corrected chi connectivity index (χ0v) is 10.5. The van der Waals surface area contributed by atoms with Gasteiger partial charge >= 0.3 is 0 Å². The number of nitrogens with zero attached hydrogens (tertiary/aromatic N) is 1. The van der Waals surface area contributed by atoms with Crippen LogP contribution < -0.4 is 17.2 Å². The highest BCUT2D eigenvalue weighted by Crippen LogP contribution is 2.36. The Morgan fingerprint density at radius 3 is 1.93 bits per heavy atom. The van der Waals surface area contributed by atoms with E-state index in [4.69, 9.17) is 53.9 Å². The molecule has 1 aliphatic heterocycles. The number of thioether (sulfide) groups is 1. The average Bonchev–Trinajstić information content (AvgIpc) is 2.47. The van der Waals surface area contributed by atoms with Crippen LogP contribution in [0.25, 0.3) is 0 Å². The fourth-order valence-electron chi connectivity index (χ4n) is 1.32. The smallest absolute Gasteiger partial charge is 0.189 e. The summed E-state index contributed by atoms with van der Waals surface area (Å²) in [7, 11) is 0. The van der Waals surface area contributed by atoms with Crippen molar-refractivity contribution < 1.29 is 0 Å². The van der Waals surface area contributed by atoms with E-state index in [2.05, 4.69) is 0 Å². The lowest BCUT2D eigenvalue weighted by atomic mass is 10.2. The number of thiocarbonyl (C=S) groups is 3. The fourth-order valence-corrected chi connectivity index (χ4v) is 3.66. The third-order valence-electron chi connectivity index (χ3n) is 1.94. The topological polar surface area (TPSA) is 81.3 Å². The van der Waals surface area contributed by atoms with Gasteiger partial charge in [-0.3, -0.25) is 0 Å². The molecule has 0 amide bonds. The van der Waals surface area contributed by atoms with Crippen LogP contribution in [0.4, 0.5) is 0 Å². The van der Waals surface area contributed by atoms with Crippen molar-refractivity contribution in [2.45, 2.75) is 4.87 Å². The van der Waals surface area contributed by atoms with Gasteiger partial charge in [-0.25, -0.2) is 0 Å². The minimum Gasteiger partial charge on any atom is -0.390 e. The molecule has 6 N–H and O–H groups in total. The van der Waals surface area contributed by atoms with Crippen molar-refractivity contribution in [1.82, 2.24) is 4.90 Å². The van der Waals surface area contributed by atoms with Gasteiger partial charge in [0.15, 0.2) is 9.98 Å². The van der Waals surface area contributed by atoms with Crippen LogP contribution in [0.15, 0.2) is 0 Å². The lowest BCUT2D eigenvalue weighted by molar-refractivity contribution is 0.461. The maximum Gasteiger partial charge on any atom is 0.189 e.